The minimum absolute atomic E-state index is 0.173. The Morgan fingerprint density at radius 2 is 2.04 bits per heavy atom. The third-order valence-corrected chi connectivity index (χ3v) is 4.87. The van der Waals surface area contributed by atoms with Gasteiger partial charge in [0.05, 0.1) is 13.8 Å². The fourth-order valence-corrected chi connectivity index (χ4v) is 3.27. The van der Waals surface area contributed by atoms with Gasteiger partial charge in [-0.2, -0.15) is 0 Å². The highest BCUT2D eigenvalue weighted by atomic mass is 35.5. The van der Waals surface area contributed by atoms with Gasteiger partial charge in [0.15, 0.2) is 0 Å². The van der Waals surface area contributed by atoms with Crippen molar-refractivity contribution >= 4 is 23.5 Å². The zero-order valence-electron chi connectivity index (χ0n) is 16.1. The molecule has 1 N–H and O–H groups in total. The summed E-state index contributed by atoms with van der Waals surface area (Å²) in [6, 6.07) is 5.06. The van der Waals surface area contributed by atoms with Gasteiger partial charge >= 0.3 is 6.03 Å². The van der Waals surface area contributed by atoms with Gasteiger partial charge in [-0.3, -0.25) is 9.69 Å². The Labute approximate surface area is 160 Å². The molecule has 1 aromatic carbocycles. The Kier molecular flexibility index (Phi) is 6.53. The number of carbonyl (C=O) groups is 2. The van der Waals surface area contributed by atoms with E-state index >= 15 is 0 Å². The monoisotopic (exact) mass is 381 g/mol. The van der Waals surface area contributed by atoms with Crippen molar-refractivity contribution in [2.75, 3.05) is 20.8 Å². The SMILES string of the molecule is COc1ccc(Cl)cc1CN(C)CN1C(=O)N[C@](C)(CCC(C)C)C1=O. The molecule has 2 rings (SSSR count). The quantitative estimate of drug-likeness (QED) is 0.700. The third-order valence-electron chi connectivity index (χ3n) is 4.63. The zero-order valence-corrected chi connectivity index (χ0v) is 16.9. The Morgan fingerprint density at radius 1 is 1.35 bits per heavy atom. The lowest BCUT2D eigenvalue weighted by atomic mass is 9.92. The first kappa shape index (κ1) is 20.5. The summed E-state index contributed by atoms with van der Waals surface area (Å²) in [4.78, 5) is 28.3. The highest BCUT2D eigenvalue weighted by Crippen LogP contribution is 2.26. The van der Waals surface area contributed by atoms with Crippen LogP contribution in [0.1, 0.15) is 39.2 Å². The summed E-state index contributed by atoms with van der Waals surface area (Å²) in [6.45, 7) is 6.72. The lowest BCUT2D eigenvalue weighted by Gasteiger charge is -2.25. The van der Waals surface area contributed by atoms with Crippen LogP contribution in [0, 0.1) is 5.92 Å². The van der Waals surface area contributed by atoms with Gasteiger partial charge in [0.25, 0.3) is 5.91 Å². The number of nitrogens with zero attached hydrogens (tertiary/aromatic N) is 2. The van der Waals surface area contributed by atoms with E-state index in [1.807, 2.05) is 24.1 Å². The molecule has 1 aliphatic heterocycles. The smallest absolute Gasteiger partial charge is 0.326 e. The molecule has 7 heteroatoms. The molecule has 3 amide bonds. The fourth-order valence-electron chi connectivity index (χ4n) is 3.08. The van der Waals surface area contributed by atoms with Gasteiger partial charge in [-0.15, -0.1) is 0 Å². The number of hydrogen-bond acceptors (Lipinski definition) is 4. The van der Waals surface area contributed by atoms with Crippen LogP contribution < -0.4 is 10.1 Å². The molecule has 0 bridgehead atoms. The predicted octanol–water partition coefficient (Wildman–Crippen LogP) is 3.48. The summed E-state index contributed by atoms with van der Waals surface area (Å²) in [5, 5.41) is 3.47. The van der Waals surface area contributed by atoms with E-state index in [2.05, 4.69) is 19.2 Å². The van der Waals surface area contributed by atoms with Crippen molar-refractivity contribution in [2.24, 2.45) is 5.92 Å². The Hall–Kier alpha value is -1.79. The molecule has 1 heterocycles. The molecule has 6 nitrogen and oxygen atoms in total. The van der Waals surface area contributed by atoms with E-state index in [1.54, 1.807) is 20.1 Å². The third kappa shape index (κ3) is 4.68. The van der Waals surface area contributed by atoms with Gasteiger partial charge in [0, 0.05) is 17.1 Å². The van der Waals surface area contributed by atoms with E-state index in [4.69, 9.17) is 16.3 Å². The number of benzene rings is 1. The maximum Gasteiger partial charge on any atom is 0.326 e. The average Bonchev–Trinajstić information content (AvgIpc) is 2.77. The van der Waals surface area contributed by atoms with Crippen LogP contribution in [0.15, 0.2) is 18.2 Å². The van der Waals surface area contributed by atoms with E-state index in [0.29, 0.717) is 23.9 Å². The van der Waals surface area contributed by atoms with Gasteiger partial charge in [-0.05, 0) is 50.9 Å². The lowest BCUT2D eigenvalue weighted by molar-refractivity contribution is -0.132. The molecule has 1 fully saturated rings. The van der Waals surface area contributed by atoms with Gasteiger partial charge in [-0.1, -0.05) is 25.4 Å². The number of carbonyl (C=O) groups excluding carboxylic acids is 2. The Bertz CT molecular complexity index is 680. The molecule has 0 unspecified atom stereocenters. The molecule has 0 radical (unpaired) electrons. The number of rotatable bonds is 8. The predicted molar refractivity (Wildman–Crippen MR) is 102 cm³/mol. The summed E-state index contributed by atoms with van der Waals surface area (Å²) < 4.78 is 5.36. The summed E-state index contributed by atoms with van der Waals surface area (Å²) >= 11 is 6.07. The molecular formula is C19H28ClN3O3. The van der Waals surface area contributed by atoms with Gasteiger partial charge in [0.2, 0.25) is 0 Å². The summed E-state index contributed by atoms with van der Waals surface area (Å²) in [7, 11) is 3.45. The maximum absolute atomic E-state index is 12.8. The number of hydrogen-bond donors (Lipinski definition) is 1. The van der Waals surface area contributed by atoms with E-state index in [0.717, 1.165) is 17.7 Å². The van der Waals surface area contributed by atoms with Crippen LogP contribution in [0.5, 0.6) is 5.75 Å². The standard InChI is InChI=1S/C19H28ClN3O3/c1-13(2)8-9-19(3)17(24)23(18(25)21-19)12-22(4)11-14-10-15(20)6-7-16(14)26-5/h6-7,10,13H,8-9,11-12H2,1-5H3,(H,21,25)/t19-/m1/s1. The van der Waals surface area contributed by atoms with E-state index in [-0.39, 0.29) is 18.6 Å². The molecule has 0 aliphatic carbocycles. The largest absolute Gasteiger partial charge is 0.496 e. The number of halogens is 1. The average molecular weight is 382 g/mol. The first-order chi connectivity index (χ1) is 12.2. The molecule has 144 valence electrons. The second-order valence-electron chi connectivity index (χ2n) is 7.54. The second-order valence-corrected chi connectivity index (χ2v) is 7.98. The van der Waals surface area contributed by atoms with Crippen molar-refractivity contribution in [1.29, 1.82) is 0 Å². The summed E-state index contributed by atoms with van der Waals surface area (Å²) in [6.07, 6.45) is 1.52. The van der Waals surface area contributed by atoms with Gasteiger partial charge in [0.1, 0.15) is 11.3 Å². The second kappa shape index (κ2) is 8.27. The van der Waals surface area contributed by atoms with Gasteiger partial charge < -0.3 is 10.1 Å². The number of amides is 3. The topological polar surface area (TPSA) is 61.9 Å². The van der Waals surface area contributed by atoms with Crippen molar-refractivity contribution in [3.05, 3.63) is 28.8 Å². The first-order valence-electron chi connectivity index (χ1n) is 8.81. The van der Waals surface area contributed by atoms with Crippen LogP contribution in [-0.4, -0.2) is 48.1 Å². The van der Waals surface area contributed by atoms with Crippen LogP contribution in [0.25, 0.3) is 0 Å². The number of nitrogens with one attached hydrogen (secondary N) is 1. The zero-order chi connectivity index (χ0) is 19.5. The maximum atomic E-state index is 12.8. The minimum Gasteiger partial charge on any atom is -0.496 e. The van der Waals surface area contributed by atoms with Crippen molar-refractivity contribution in [3.63, 3.8) is 0 Å². The summed E-state index contributed by atoms with van der Waals surface area (Å²) in [5.41, 5.74) is 0.0766. The molecule has 0 saturated carbocycles. The normalized spacial score (nSPS) is 20.2. The van der Waals surface area contributed by atoms with Crippen LogP contribution >= 0.6 is 11.6 Å². The number of ether oxygens (including phenoxy) is 1. The molecule has 1 saturated heterocycles. The molecule has 1 aliphatic rings. The highest BCUT2D eigenvalue weighted by molar-refractivity contribution is 6.30. The number of methoxy groups -OCH3 is 1. The highest BCUT2D eigenvalue weighted by Gasteiger charge is 2.47. The van der Waals surface area contributed by atoms with Crippen LogP contribution in [-0.2, 0) is 11.3 Å². The van der Waals surface area contributed by atoms with Crippen molar-refractivity contribution in [3.8, 4) is 5.75 Å². The molecule has 0 spiro atoms. The first-order valence-corrected chi connectivity index (χ1v) is 9.19. The van der Waals surface area contributed by atoms with E-state index in [1.165, 1.54) is 4.90 Å². The van der Waals surface area contributed by atoms with E-state index in [9.17, 15) is 9.59 Å². The van der Waals surface area contributed by atoms with Crippen LogP contribution in [0.2, 0.25) is 5.02 Å². The van der Waals surface area contributed by atoms with E-state index < -0.39 is 5.54 Å². The van der Waals surface area contributed by atoms with Crippen LogP contribution in [0.4, 0.5) is 4.79 Å². The molecule has 0 aromatic heterocycles. The van der Waals surface area contributed by atoms with Crippen LogP contribution in [0.3, 0.4) is 0 Å². The number of imide groups is 1. The lowest BCUT2D eigenvalue weighted by Crippen LogP contribution is -2.45. The van der Waals surface area contributed by atoms with Crippen molar-refractivity contribution in [2.45, 2.75) is 45.7 Å². The Morgan fingerprint density at radius 3 is 2.65 bits per heavy atom. The minimum atomic E-state index is -0.823. The molecular weight excluding hydrogens is 354 g/mol. The Balaban J connectivity index is 2.05. The molecule has 1 atom stereocenters. The summed E-state index contributed by atoms with van der Waals surface area (Å²) in [5.74, 6) is 1.02. The molecule has 1 aromatic rings. The van der Waals surface area contributed by atoms with Gasteiger partial charge in [-0.25, -0.2) is 9.69 Å². The van der Waals surface area contributed by atoms with Crippen molar-refractivity contribution < 1.29 is 14.3 Å². The number of urea groups is 1. The van der Waals surface area contributed by atoms with Crippen molar-refractivity contribution in [1.82, 2.24) is 15.1 Å². The molecule has 26 heavy (non-hydrogen) atoms. The fraction of sp³-hybridized carbons (Fsp3) is 0.579.